The molecular formula is C21H29N. The van der Waals surface area contributed by atoms with Crippen LogP contribution in [-0.4, -0.2) is 6.04 Å². The minimum Gasteiger partial charge on any atom is -0.304 e. The lowest BCUT2D eigenvalue weighted by Crippen LogP contribution is -2.47. The van der Waals surface area contributed by atoms with Crippen LogP contribution in [0.3, 0.4) is 0 Å². The maximum Gasteiger partial charge on any atom is 0.0297 e. The van der Waals surface area contributed by atoms with Crippen LogP contribution in [0.4, 0.5) is 0 Å². The Bertz CT molecular complexity index is 567. The Hall–Kier alpha value is -1.34. The summed E-state index contributed by atoms with van der Waals surface area (Å²) in [5.74, 6) is 1.70. The summed E-state index contributed by atoms with van der Waals surface area (Å²) in [4.78, 5) is 0. The van der Waals surface area contributed by atoms with Crippen LogP contribution < -0.4 is 5.32 Å². The van der Waals surface area contributed by atoms with Gasteiger partial charge in [0, 0.05) is 12.1 Å². The molecule has 0 aromatic heterocycles. The molecule has 1 nitrogen and oxygen atoms in total. The highest BCUT2D eigenvalue weighted by atomic mass is 14.9. The number of hydrogen-bond donors (Lipinski definition) is 1. The van der Waals surface area contributed by atoms with Gasteiger partial charge in [-0.15, -0.1) is 0 Å². The van der Waals surface area contributed by atoms with E-state index in [1.807, 2.05) is 0 Å². The number of hydrogen-bond acceptors (Lipinski definition) is 1. The molecule has 3 aliphatic carbocycles. The minimum atomic E-state index is 0.380. The zero-order valence-electron chi connectivity index (χ0n) is 14.3. The fourth-order valence-electron chi connectivity index (χ4n) is 4.13. The molecule has 118 valence electrons. The molecule has 1 aromatic carbocycles. The number of fused-ring (bicyclic) bond motifs is 1. The number of nitrogens with one attached hydrogen (secondary N) is 1. The van der Waals surface area contributed by atoms with Gasteiger partial charge in [-0.3, -0.25) is 0 Å². The van der Waals surface area contributed by atoms with Gasteiger partial charge in [0.2, 0.25) is 0 Å². The van der Waals surface area contributed by atoms with Gasteiger partial charge in [0.25, 0.3) is 0 Å². The van der Waals surface area contributed by atoms with E-state index in [2.05, 4.69) is 81.6 Å². The molecule has 1 N–H and O–H groups in total. The van der Waals surface area contributed by atoms with Gasteiger partial charge in [0.05, 0.1) is 0 Å². The standard InChI is InChI=1S/C21H29N/c1-15(22-16(2)17-8-6-5-7-9-17)10-11-18-12-13-19-14-20(18)21(19,3)4/h5-12,15-16,19-20,22H,13-14H2,1-4H3/b11-10-/t15-,16-,19-,20-/m0/s1. The lowest BCUT2D eigenvalue weighted by molar-refractivity contribution is -0.00331. The van der Waals surface area contributed by atoms with Crippen molar-refractivity contribution in [2.45, 2.75) is 52.6 Å². The van der Waals surface area contributed by atoms with Crippen LogP contribution in [0.1, 0.15) is 52.1 Å². The van der Waals surface area contributed by atoms with Crippen LogP contribution in [0.2, 0.25) is 0 Å². The molecule has 1 heteroatoms. The molecule has 2 bridgehead atoms. The summed E-state index contributed by atoms with van der Waals surface area (Å²) in [7, 11) is 0. The molecule has 0 aliphatic heterocycles. The van der Waals surface area contributed by atoms with E-state index in [1.54, 1.807) is 5.57 Å². The van der Waals surface area contributed by atoms with Crippen LogP contribution in [0.15, 0.2) is 54.1 Å². The van der Waals surface area contributed by atoms with Crippen LogP contribution in [0.5, 0.6) is 0 Å². The van der Waals surface area contributed by atoms with E-state index in [0.717, 1.165) is 11.8 Å². The Balaban J connectivity index is 1.58. The summed E-state index contributed by atoms with van der Waals surface area (Å²) in [6.07, 6.45) is 9.84. The fourth-order valence-corrected chi connectivity index (χ4v) is 4.13. The van der Waals surface area contributed by atoms with Crippen molar-refractivity contribution in [2.24, 2.45) is 17.3 Å². The summed E-state index contributed by atoms with van der Waals surface area (Å²) in [5, 5.41) is 3.67. The predicted octanol–water partition coefficient (Wildman–Crippen LogP) is 5.27. The first-order chi connectivity index (χ1) is 10.5. The van der Waals surface area contributed by atoms with E-state index < -0.39 is 0 Å². The van der Waals surface area contributed by atoms with Gasteiger partial charge < -0.3 is 5.32 Å². The second kappa shape index (κ2) is 6.04. The Kier molecular flexibility index (Phi) is 4.27. The molecular weight excluding hydrogens is 266 g/mol. The van der Waals surface area contributed by atoms with Crippen LogP contribution in [0.25, 0.3) is 0 Å². The Morgan fingerprint density at radius 3 is 2.55 bits per heavy atom. The molecule has 4 rings (SSSR count). The molecule has 4 atom stereocenters. The molecule has 0 unspecified atom stereocenters. The average molecular weight is 295 g/mol. The SMILES string of the molecule is C[C@H](N[C@@H](C)/C=C\C1=CC[C@H]2C[C@@H]1C2(C)C)c1ccccc1. The maximum atomic E-state index is 3.67. The van der Waals surface area contributed by atoms with E-state index >= 15 is 0 Å². The van der Waals surface area contributed by atoms with Gasteiger partial charge in [0.15, 0.2) is 0 Å². The van der Waals surface area contributed by atoms with Crippen LogP contribution >= 0.6 is 0 Å². The molecule has 0 heterocycles. The predicted molar refractivity (Wildman–Crippen MR) is 94.7 cm³/mol. The van der Waals surface area contributed by atoms with E-state index in [4.69, 9.17) is 0 Å². The molecule has 1 saturated carbocycles. The second-order valence-electron chi connectivity index (χ2n) is 7.69. The number of rotatable bonds is 5. The maximum absolute atomic E-state index is 3.67. The first-order valence-electron chi connectivity index (χ1n) is 8.67. The van der Waals surface area contributed by atoms with Crippen LogP contribution in [-0.2, 0) is 0 Å². The molecule has 1 fully saturated rings. The van der Waals surface area contributed by atoms with Crippen molar-refractivity contribution >= 4 is 0 Å². The lowest BCUT2D eigenvalue weighted by Gasteiger charge is -2.56. The Labute approximate surface area is 135 Å². The van der Waals surface area contributed by atoms with Crippen molar-refractivity contribution in [3.05, 3.63) is 59.7 Å². The van der Waals surface area contributed by atoms with E-state index in [0.29, 0.717) is 17.5 Å². The third-order valence-corrected chi connectivity index (χ3v) is 5.90. The number of allylic oxidation sites excluding steroid dienone is 3. The van der Waals surface area contributed by atoms with Gasteiger partial charge in [-0.2, -0.15) is 0 Å². The van der Waals surface area contributed by atoms with E-state index in [-0.39, 0.29) is 0 Å². The smallest absolute Gasteiger partial charge is 0.0297 e. The summed E-state index contributed by atoms with van der Waals surface area (Å²) in [6, 6.07) is 11.4. The highest BCUT2D eigenvalue weighted by Gasteiger charge is 2.50. The van der Waals surface area contributed by atoms with Crippen molar-refractivity contribution in [2.75, 3.05) is 0 Å². The number of benzene rings is 1. The monoisotopic (exact) mass is 295 g/mol. The summed E-state index contributed by atoms with van der Waals surface area (Å²) >= 11 is 0. The van der Waals surface area contributed by atoms with Gasteiger partial charge in [0.1, 0.15) is 0 Å². The van der Waals surface area contributed by atoms with Crippen molar-refractivity contribution in [3.63, 3.8) is 0 Å². The highest BCUT2D eigenvalue weighted by Crippen LogP contribution is 2.59. The highest BCUT2D eigenvalue weighted by molar-refractivity contribution is 5.32. The summed E-state index contributed by atoms with van der Waals surface area (Å²) < 4.78 is 0. The minimum absolute atomic E-state index is 0.380. The third kappa shape index (κ3) is 2.92. The van der Waals surface area contributed by atoms with Crippen LogP contribution in [0, 0.1) is 17.3 Å². The van der Waals surface area contributed by atoms with Crippen molar-refractivity contribution in [3.8, 4) is 0 Å². The van der Waals surface area contributed by atoms with Gasteiger partial charge in [-0.25, -0.2) is 0 Å². The Morgan fingerprint density at radius 1 is 1.18 bits per heavy atom. The summed E-state index contributed by atoms with van der Waals surface area (Å²) in [5.41, 5.74) is 3.43. The first-order valence-corrected chi connectivity index (χ1v) is 8.67. The quantitative estimate of drug-likeness (QED) is 0.780. The average Bonchev–Trinajstić information content (AvgIpc) is 2.53. The topological polar surface area (TPSA) is 12.0 Å². The van der Waals surface area contributed by atoms with Crippen molar-refractivity contribution < 1.29 is 0 Å². The van der Waals surface area contributed by atoms with Crippen molar-refractivity contribution in [1.29, 1.82) is 0 Å². The van der Waals surface area contributed by atoms with Gasteiger partial charge in [-0.1, -0.05) is 62.4 Å². The normalized spacial score (nSPS) is 28.8. The molecule has 0 amide bonds. The molecule has 0 radical (unpaired) electrons. The zero-order chi connectivity index (χ0) is 15.7. The van der Waals surface area contributed by atoms with Gasteiger partial charge >= 0.3 is 0 Å². The first kappa shape index (κ1) is 15.6. The fraction of sp³-hybridized carbons (Fsp3) is 0.524. The Morgan fingerprint density at radius 2 is 1.91 bits per heavy atom. The van der Waals surface area contributed by atoms with Gasteiger partial charge in [-0.05, 0) is 55.1 Å². The molecule has 3 aliphatic rings. The van der Waals surface area contributed by atoms with E-state index in [9.17, 15) is 0 Å². The molecule has 0 saturated heterocycles. The molecule has 22 heavy (non-hydrogen) atoms. The summed E-state index contributed by atoms with van der Waals surface area (Å²) in [6.45, 7) is 9.35. The molecule has 0 spiro atoms. The third-order valence-electron chi connectivity index (χ3n) is 5.90. The van der Waals surface area contributed by atoms with Crippen molar-refractivity contribution in [1.82, 2.24) is 5.32 Å². The largest absolute Gasteiger partial charge is 0.304 e. The molecule has 1 aromatic rings. The second-order valence-corrected chi connectivity index (χ2v) is 7.69. The van der Waals surface area contributed by atoms with E-state index in [1.165, 1.54) is 18.4 Å². The lowest BCUT2D eigenvalue weighted by atomic mass is 9.49. The zero-order valence-corrected chi connectivity index (χ0v) is 14.3.